The Morgan fingerprint density at radius 1 is 1.32 bits per heavy atom. The van der Waals surface area contributed by atoms with Gasteiger partial charge in [0.05, 0.1) is 19.6 Å². The molecule has 19 heavy (non-hydrogen) atoms. The van der Waals surface area contributed by atoms with Crippen LogP contribution >= 0.6 is 0 Å². The predicted octanol–water partition coefficient (Wildman–Crippen LogP) is 0.882. The van der Waals surface area contributed by atoms with Gasteiger partial charge < -0.3 is 9.64 Å². The average Bonchev–Trinajstić information content (AvgIpc) is 3.23. The van der Waals surface area contributed by atoms with Crippen molar-refractivity contribution in [3.8, 4) is 0 Å². The van der Waals surface area contributed by atoms with Crippen LogP contribution in [-0.2, 0) is 14.3 Å². The number of esters is 1. The number of nitrogens with zero attached hydrogens (tertiary/aromatic N) is 2. The van der Waals surface area contributed by atoms with Gasteiger partial charge in [0, 0.05) is 19.1 Å². The van der Waals surface area contributed by atoms with E-state index in [-0.39, 0.29) is 17.8 Å². The number of carbonyl (C=O) groups excluding carboxylic acids is 2. The lowest BCUT2D eigenvalue weighted by molar-refractivity contribution is -0.148. The van der Waals surface area contributed by atoms with E-state index in [1.807, 2.05) is 11.8 Å². The molecule has 1 saturated heterocycles. The summed E-state index contributed by atoms with van der Waals surface area (Å²) < 4.78 is 4.80. The number of hydrogen-bond acceptors (Lipinski definition) is 4. The van der Waals surface area contributed by atoms with Crippen molar-refractivity contribution in [1.82, 2.24) is 9.80 Å². The monoisotopic (exact) mass is 268 g/mol. The fraction of sp³-hybridized carbons (Fsp3) is 0.857. The molecular formula is C14H24N2O3. The molecular weight excluding hydrogens is 244 g/mol. The average molecular weight is 268 g/mol. The van der Waals surface area contributed by atoms with Crippen LogP contribution in [0.5, 0.6) is 0 Å². The Bertz CT molecular complexity index is 342. The van der Waals surface area contributed by atoms with Crippen LogP contribution in [0, 0.1) is 5.92 Å². The summed E-state index contributed by atoms with van der Waals surface area (Å²) in [5, 5.41) is 0. The SMILES string of the molecule is CCN(C(=O)CN1CCCC(C(=O)OC)C1)C1CC1. The number of likely N-dealkylation sites (N-methyl/N-ethyl adjacent to an activating group) is 1. The largest absolute Gasteiger partial charge is 0.469 e. The van der Waals surface area contributed by atoms with Gasteiger partial charge >= 0.3 is 5.97 Å². The molecule has 2 fully saturated rings. The van der Waals surface area contributed by atoms with Gasteiger partial charge in [0.2, 0.25) is 5.91 Å². The van der Waals surface area contributed by atoms with Gasteiger partial charge in [-0.05, 0) is 39.2 Å². The van der Waals surface area contributed by atoms with Gasteiger partial charge in [-0.1, -0.05) is 0 Å². The summed E-state index contributed by atoms with van der Waals surface area (Å²) in [5.74, 6) is -0.00948. The lowest BCUT2D eigenvalue weighted by Crippen LogP contribution is -2.46. The number of methoxy groups -OCH3 is 1. The third kappa shape index (κ3) is 3.69. The highest BCUT2D eigenvalue weighted by atomic mass is 16.5. The lowest BCUT2D eigenvalue weighted by Gasteiger charge is -2.32. The summed E-state index contributed by atoms with van der Waals surface area (Å²) in [7, 11) is 1.43. The zero-order chi connectivity index (χ0) is 13.8. The van der Waals surface area contributed by atoms with Crippen molar-refractivity contribution in [3.05, 3.63) is 0 Å². The molecule has 0 N–H and O–H groups in total. The number of likely N-dealkylation sites (tertiary alicyclic amines) is 1. The lowest BCUT2D eigenvalue weighted by atomic mass is 9.98. The fourth-order valence-corrected chi connectivity index (χ4v) is 2.86. The minimum atomic E-state index is -0.147. The Morgan fingerprint density at radius 3 is 2.63 bits per heavy atom. The normalized spacial score (nSPS) is 24.0. The van der Waals surface area contributed by atoms with Gasteiger partial charge in [-0.3, -0.25) is 14.5 Å². The van der Waals surface area contributed by atoms with Crippen molar-refractivity contribution in [2.45, 2.75) is 38.6 Å². The highest BCUT2D eigenvalue weighted by molar-refractivity contribution is 5.79. The molecule has 1 aliphatic heterocycles. The molecule has 108 valence electrons. The van der Waals surface area contributed by atoms with Crippen LogP contribution < -0.4 is 0 Å². The first kappa shape index (κ1) is 14.3. The Kier molecular flexibility index (Phi) is 4.80. The van der Waals surface area contributed by atoms with Crippen LogP contribution in [0.1, 0.15) is 32.6 Å². The van der Waals surface area contributed by atoms with E-state index in [0.29, 0.717) is 19.1 Å². The molecule has 0 aromatic heterocycles. The Labute approximate surface area is 114 Å². The van der Waals surface area contributed by atoms with Crippen LogP contribution in [0.3, 0.4) is 0 Å². The highest BCUT2D eigenvalue weighted by Gasteiger charge is 2.33. The van der Waals surface area contributed by atoms with E-state index in [1.165, 1.54) is 7.11 Å². The maximum atomic E-state index is 12.2. The molecule has 2 aliphatic rings. The van der Waals surface area contributed by atoms with Crippen molar-refractivity contribution in [3.63, 3.8) is 0 Å². The molecule has 1 heterocycles. The smallest absolute Gasteiger partial charge is 0.309 e. The van der Waals surface area contributed by atoms with E-state index in [9.17, 15) is 9.59 Å². The van der Waals surface area contributed by atoms with Crippen molar-refractivity contribution in [2.75, 3.05) is 33.3 Å². The van der Waals surface area contributed by atoms with Gasteiger partial charge in [-0.25, -0.2) is 0 Å². The number of piperidine rings is 1. The van der Waals surface area contributed by atoms with E-state index < -0.39 is 0 Å². The second-order valence-electron chi connectivity index (χ2n) is 5.51. The highest BCUT2D eigenvalue weighted by Crippen LogP contribution is 2.27. The third-order valence-electron chi connectivity index (χ3n) is 4.05. The number of amides is 1. The topological polar surface area (TPSA) is 49.9 Å². The standard InChI is InChI=1S/C14H24N2O3/c1-3-16(12-6-7-12)13(17)10-15-8-4-5-11(9-15)14(18)19-2/h11-12H,3-10H2,1-2H3. The van der Waals surface area contributed by atoms with Crippen LogP contribution in [0.4, 0.5) is 0 Å². The summed E-state index contributed by atoms with van der Waals surface area (Å²) in [6.45, 7) is 4.82. The summed E-state index contributed by atoms with van der Waals surface area (Å²) in [6, 6.07) is 0.471. The first-order chi connectivity index (χ1) is 9.15. The molecule has 1 atom stereocenters. The second kappa shape index (κ2) is 6.37. The van der Waals surface area contributed by atoms with E-state index in [2.05, 4.69) is 4.90 Å². The maximum absolute atomic E-state index is 12.2. The molecule has 1 amide bonds. The molecule has 0 aromatic carbocycles. The van der Waals surface area contributed by atoms with Crippen molar-refractivity contribution < 1.29 is 14.3 Å². The molecule has 1 aliphatic carbocycles. The second-order valence-corrected chi connectivity index (χ2v) is 5.51. The van der Waals surface area contributed by atoms with Crippen LogP contribution in [0.25, 0.3) is 0 Å². The molecule has 5 heteroatoms. The van der Waals surface area contributed by atoms with Gasteiger partial charge in [0.1, 0.15) is 0 Å². The summed E-state index contributed by atoms with van der Waals surface area (Å²) in [4.78, 5) is 27.9. The van der Waals surface area contributed by atoms with Gasteiger partial charge in [-0.2, -0.15) is 0 Å². The maximum Gasteiger partial charge on any atom is 0.309 e. The molecule has 0 bridgehead atoms. The first-order valence-electron chi connectivity index (χ1n) is 7.25. The molecule has 1 unspecified atom stereocenters. The van der Waals surface area contributed by atoms with E-state index >= 15 is 0 Å². The quantitative estimate of drug-likeness (QED) is 0.695. The Hall–Kier alpha value is -1.10. The van der Waals surface area contributed by atoms with Crippen molar-refractivity contribution in [2.24, 2.45) is 5.92 Å². The number of hydrogen-bond donors (Lipinski definition) is 0. The zero-order valence-corrected chi connectivity index (χ0v) is 11.9. The Balaban J connectivity index is 1.84. The Morgan fingerprint density at radius 2 is 2.05 bits per heavy atom. The van der Waals surface area contributed by atoms with E-state index in [4.69, 9.17) is 4.74 Å². The fourth-order valence-electron chi connectivity index (χ4n) is 2.86. The molecule has 0 radical (unpaired) electrons. The van der Waals surface area contributed by atoms with Crippen LogP contribution in [0.15, 0.2) is 0 Å². The van der Waals surface area contributed by atoms with Gasteiger partial charge in [-0.15, -0.1) is 0 Å². The zero-order valence-electron chi connectivity index (χ0n) is 11.9. The number of ether oxygens (including phenoxy) is 1. The molecule has 5 nitrogen and oxygen atoms in total. The summed E-state index contributed by atoms with van der Waals surface area (Å²) >= 11 is 0. The first-order valence-corrected chi connectivity index (χ1v) is 7.25. The predicted molar refractivity (Wildman–Crippen MR) is 71.6 cm³/mol. The number of rotatable bonds is 5. The summed E-state index contributed by atoms with van der Waals surface area (Å²) in [6.07, 6.45) is 4.12. The third-order valence-corrected chi connectivity index (χ3v) is 4.05. The molecule has 0 spiro atoms. The summed E-state index contributed by atoms with van der Waals surface area (Å²) in [5.41, 5.74) is 0. The molecule has 0 aromatic rings. The van der Waals surface area contributed by atoms with Crippen LogP contribution in [0.2, 0.25) is 0 Å². The van der Waals surface area contributed by atoms with E-state index in [1.54, 1.807) is 0 Å². The van der Waals surface area contributed by atoms with Crippen molar-refractivity contribution in [1.29, 1.82) is 0 Å². The van der Waals surface area contributed by atoms with Crippen molar-refractivity contribution >= 4 is 11.9 Å². The van der Waals surface area contributed by atoms with E-state index in [0.717, 1.165) is 38.8 Å². The van der Waals surface area contributed by atoms with Gasteiger partial charge in [0.15, 0.2) is 0 Å². The van der Waals surface area contributed by atoms with Gasteiger partial charge in [0.25, 0.3) is 0 Å². The minimum Gasteiger partial charge on any atom is -0.469 e. The molecule has 2 rings (SSSR count). The number of carbonyl (C=O) groups is 2. The minimum absolute atomic E-state index is 0.0671. The molecule has 1 saturated carbocycles. The van der Waals surface area contributed by atoms with Crippen LogP contribution in [-0.4, -0.2) is 61.0 Å².